The van der Waals surface area contributed by atoms with Crippen molar-refractivity contribution in [2.75, 3.05) is 26.7 Å². The van der Waals surface area contributed by atoms with E-state index < -0.39 is 5.60 Å². The molecule has 0 amide bonds. The Balaban J connectivity index is 1.76. The molecule has 1 aliphatic carbocycles. The predicted molar refractivity (Wildman–Crippen MR) is 88.7 cm³/mol. The van der Waals surface area contributed by atoms with E-state index in [1.165, 1.54) is 0 Å². The van der Waals surface area contributed by atoms with Crippen LogP contribution in [0.4, 0.5) is 0 Å². The summed E-state index contributed by atoms with van der Waals surface area (Å²) in [5.74, 6) is 0.772. The molecular weight excluding hydrogens is 284 g/mol. The molecule has 1 saturated carbocycles. The molecule has 0 saturated heterocycles. The van der Waals surface area contributed by atoms with Crippen molar-refractivity contribution in [2.45, 2.75) is 31.3 Å². The number of nitrogens with zero attached hydrogens (tertiary/aromatic N) is 1. The number of aliphatic hydroxyl groups is 1. The number of nitrogens with two attached hydrogens (primary N) is 1. The van der Waals surface area contributed by atoms with E-state index in [9.17, 15) is 5.11 Å². The molecule has 1 aliphatic rings. The zero-order valence-electron chi connectivity index (χ0n) is 12.5. The van der Waals surface area contributed by atoms with Gasteiger partial charge in [0.05, 0.1) is 5.60 Å². The molecule has 116 valence electrons. The fraction of sp³-hybridized carbons (Fsp3) is 0.562. The van der Waals surface area contributed by atoms with E-state index in [2.05, 4.69) is 4.90 Å². The van der Waals surface area contributed by atoms with E-state index in [-0.39, 0.29) is 0 Å². The highest BCUT2D eigenvalue weighted by Crippen LogP contribution is 2.29. The molecule has 1 aromatic rings. The molecule has 4 nitrogen and oxygen atoms in total. The van der Waals surface area contributed by atoms with Crippen LogP contribution in [0.5, 0.6) is 5.75 Å². The lowest BCUT2D eigenvalue weighted by atomic mass is 10.0. The van der Waals surface area contributed by atoms with Crippen molar-refractivity contribution in [3.63, 3.8) is 0 Å². The SMILES string of the molecule is CN(CCOc1cccc(C(N)=S)c1)CC1(O)CCCC1. The highest BCUT2D eigenvalue weighted by molar-refractivity contribution is 7.80. The summed E-state index contributed by atoms with van der Waals surface area (Å²) in [7, 11) is 2.02. The summed E-state index contributed by atoms with van der Waals surface area (Å²) in [5.41, 5.74) is 5.92. The van der Waals surface area contributed by atoms with E-state index in [1.807, 2.05) is 31.3 Å². The summed E-state index contributed by atoms with van der Waals surface area (Å²) in [6.45, 7) is 2.07. The first kappa shape index (κ1) is 16.2. The van der Waals surface area contributed by atoms with E-state index in [0.717, 1.165) is 43.5 Å². The van der Waals surface area contributed by atoms with Crippen LogP contribution in [0, 0.1) is 0 Å². The van der Waals surface area contributed by atoms with Crippen molar-refractivity contribution in [1.29, 1.82) is 0 Å². The lowest BCUT2D eigenvalue weighted by Gasteiger charge is -2.28. The molecule has 0 heterocycles. The highest BCUT2D eigenvalue weighted by atomic mass is 32.1. The standard InChI is InChI=1S/C16H24N2O2S/c1-18(12-16(19)7-2-3-8-16)9-10-20-14-6-4-5-13(11-14)15(17)21/h4-6,11,19H,2-3,7-10,12H2,1H3,(H2,17,21). The molecule has 5 heteroatoms. The minimum absolute atomic E-state index is 0.376. The number of hydrogen-bond acceptors (Lipinski definition) is 4. The van der Waals surface area contributed by atoms with Crippen molar-refractivity contribution < 1.29 is 9.84 Å². The quantitative estimate of drug-likeness (QED) is 0.754. The van der Waals surface area contributed by atoms with Crippen molar-refractivity contribution in [3.8, 4) is 5.75 Å². The molecule has 0 aliphatic heterocycles. The Hall–Kier alpha value is -1.17. The Morgan fingerprint density at radius 1 is 1.43 bits per heavy atom. The van der Waals surface area contributed by atoms with Gasteiger partial charge in [0.1, 0.15) is 17.3 Å². The monoisotopic (exact) mass is 308 g/mol. The van der Waals surface area contributed by atoms with Crippen molar-refractivity contribution >= 4 is 17.2 Å². The largest absolute Gasteiger partial charge is 0.492 e. The van der Waals surface area contributed by atoms with Gasteiger partial charge in [0, 0.05) is 18.7 Å². The van der Waals surface area contributed by atoms with Crippen LogP contribution in [0.2, 0.25) is 0 Å². The summed E-state index contributed by atoms with van der Waals surface area (Å²) in [6.07, 6.45) is 4.08. The normalized spacial score (nSPS) is 17.1. The first-order valence-corrected chi connectivity index (χ1v) is 7.83. The molecule has 1 aromatic carbocycles. The third kappa shape index (κ3) is 4.95. The average molecular weight is 308 g/mol. The third-order valence-corrected chi connectivity index (χ3v) is 4.19. The topological polar surface area (TPSA) is 58.7 Å². The second kappa shape index (κ2) is 7.20. The average Bonchev–Trinajstić information content (AvgIpc) is 2.85. The van der Waals surface area contributed by atoms with Crippen LogP contribution >= 0.6 is 12.2 Å². The van der Waals surface area contributed by atoms with Crippen LogP contribution in [0.15, 0.2) is 24.3 Å². The van der Waals surface area contributed by atoms with Gasteiger partial charge in [-0.25, -0.2) is 0 Å². The van der Waals surface area contributed by atoms with E-state index >= 15 is 0 Å². The van der Waals surface area contributed by atoms with E-state index in [1.54, 1.807) is 0 Å². The summed E-state index contributed by atoms with van der Waals surface area (Å²) in [4.78, 5) is 2.50. The third-order valence-electron chi connectivity index (χ3n) is 3.96. The lowest BCUT2D eigenvalue weighted by Crippen LogP contribution is -2.40. The van der Waals surface area contributed by atoms with Crippen LogP contribution in [0.1, 0.15) is 31.2 Å². The minimum Gasteiger partial charge on any atom is -0.492 e. The molecule has 0 unspecified atom stereocenters. The Morgan fingerprint density at radius 3 is 2.81 bits per heavy atom. The van der Waals surface area contributed by atoms with Gasteiger partial charge in [-0.05, 0) is 32.0 Å². The number of rotatable bonds is 7. The van der Waals surface area contributed by atoms with Crippen LogP contribution in [0.3, 0.4) is 0 Å². The fourth-order valence-corrected chi connectivity index (χ4v) is 2.96. The van der Waals surface area contributed by atoms with Crippen LogP contribution in [0.25, 0.3) is 0 Å². The maximum absolute atomic E-state index is 10.4. The van der Waals surface area contributed by atoms with Crippen LogP contribution in [-0.2, 0) is 0 Å². The molecular formula is C16H24N2O2S. The summed E-state index contributed by atoms with van der Waals surface area (Å²) in [5, 5.41) is 10.4. The van der Waals surface area contributed by atoms with Gasteiger partial charge < -0.3 is 20.5 Å². The first-order valence-electron chi connectivity index (χ1n) is 7.42. The molecule has 0 spiro atoms. The molecule has 0 aromatic heterocycles. The number of likely N-dealkylation sites (N-methyl/N-ethyl adjacent to an activating group) is 1. The number of hydrogen-bond donors (Lipinski definition) is 2. The Labute approximate surface area is 131 Å². The maximum Gasteiger partial charge on any atom is 0.120 e. The molecule has 2 rings (SSSR count). The van der Waals surface area contributed by atoms with Gasteiger partial charge in [-0.2, -0.15) is 0 Å². The summed E-state index contributed by atoms with van der Waals surface area (Å²) >= 11 is 4.95. The molecule has 1 fully saturated rings. The number of thiocarbonyl (C=S) groups is 1. The highest BCUT2D eigenvalue weighted by Gasteiger charge is 2.31. The van der Waals surface area contributed by atoms with Crippen molar-refractivity contribution in [1.82, 2.24) is 4.90 Å². The van der Waals surface area contributed by atoms with Gasteiger partial charge in [0.15, 0.2) is 0 Å². The second-order valence-electron chi connectivity index (χ2n) is 5.91. The second-order valence-corrected chi connectivity index (χ2v) is 6.35. The van der Waals surface area contributed by atoms with Crippen LogP contribution in [-0.4, -0.2) is 47.3 Å². The van der Waals surface area contributed by atoms with E-state index in [0.29, 0.717) is 18.1 Å². The van der Waals surface area contributed by atoms with Gasteiger partial charge in [-0.3, -0.25) is 0 Å². The summed E-state index contributed by atoms with van der Waals surface area (Å²) < 4.78 is 5.73. The number of benzene rings is 1. The van der Waals surface area contributed by atoms with Gasteiger partial charge in [-0.15, -0.1) is 0 Å². The number of ether oxygens (including phenoxy) is 1. The van der Waals surface area contributed by atoms with Gasteiger partial charge in [0.25, 0.3) is 0 Å². The molecule has 3 N–H and O–H groups in total. The van der Waals surface area contributed by atoms with Crippen molar-refractivity contribution in [2.24, 2.45) is 5.73 Å². The molecule has 0 bridgehead atoms. The molecule has 0 radical (unpaired) electrons. The minimum atomic E-state index is -0.500. The van der Waals surface area contributed by atoms with Crippen molar-refractivity contribution in [3.05, 3.63) is 29.8 Å². The van der Waals surface area contributed by atoms with Gasteiger partial charge >= 0.3 is 0 Å². The summed E-state index contributed by atoms with van der Waals surface area (Å²) in [6, 6.07) is 7.50. The van der Waals surface area contributed by atoms with E-state index in [4.69, 9.17) is 22.7 Å². The smallest absolute Gasteiger partial charge is 0.120 e. The Morgan fingerprint density at radius 2 is 2.14 bits per heavy atom. The molecule has 0 atom stereocenters. The predicted octanol–water partition coefficient (Wildman–Crippen LogP) is 1.94. The maximum atomic E-state index is 10.4. The fourth-order valence-electron chi connectivity index (χ4n) is 2.83. The zero-order valence-corrected chi connectivity index (χ0v) is 13.4. The zero-order chi connectivity index (χ0) is 15.3. The Bertz CT molecular complexity index is 487. The first-order chi connectivity index (χ1) is 9.98. The van der Waals surface area contributed by atoms with Crippen LogP contribution < -0.4 is 10.5 Å². The van der Waals surface area contributed by atoms with Gasteiger partial charge in [0.2, 0.25) is 0 Å². The Kier molecular flexibility index (Phi) is 5.56. The lowest BCUT2D eigenvalue weighted by molar-refractivity contribution is 0.0139. The van der Waals surface area contributed by atoms with Gasteiger partial charge in [-0.1, -0.05) is 37.2 Å². The molecule has 21 heavy (non-hydrogen) atoms.